The van der Waals surface area contributed by atoms with E-state index in [2.05, 4.69) is 40.3 Å². The van der Waals surface area contributed by atoms with Gasteiger partial charge < -0.3 is 11.1 Å². The van der Waals surface area contributed by atoms with Gasteiger partial charge in [-0.15, -0.1) is 0 Å². The van der Waals surface area contributed by atoms with Gasteiger partial charge in [-0.05, 0) is 64.7 Å². The third-order valence-corrected chi connectivity index (χ3v) is 3.98. The van der Waals surface area contributed by atoms with Gasteiger partial charge in [-0.25, -0.2) is 0 Å². The van der Waals surface area contributed by atoms with E-state index in [9.17, 15) is 4.79 Å². The summed E-state index contributed by atoms with van der Waals surface area (Å²) in [5.41, 5.74) is 9.01. The fraction of sp³-hybridized carbons (Fsp3) is 0.235. The minimum atomic E-state index is -0.142. The molecule has 0 spiro atoms. The number of nitrogens with one attached hydrogen (secondary N) is 1. The van der Waals surface area contributed by atoms with Gasteiger partial charge in [0.05, 0.1) is 0 Å². The smallest absolute Gasteiger partial charge is 0.255 e. The second-order valence-electron chi connectivity index (χ2n) is 4.99. The molecule has 4 heteroatoms. The monoisotopic (exact) mass is 346 g/mol. The Bertz CT molecular complexity index is 623. The minimum Gasteiger partial charge on any atom is -0.398 e. The quantitative estimate of drug-likeness (QED) is 0.775. The number of nitrogen functional groups attached to an aromatic ring is 1. The Hall–Kier alpha value is -1.81. The third-order valence-electron chi connectivity index (χ3n) is 3.29. The molecule has 3 N–H and O–H groups in total. The SMILES string of the molecule is CCCCc1ccc(NC(=O)c2ccc(N)c(Br)c2)cc1. The molecule has 0 atom stereocenters. The Labute approximate surface area is 133 Å². The Morgan fingerprint density at radius 2 is 1.90 bits per heavy atom. The van der Waals surface area contributed by atoms with E-state index in [1.54, 1.807) is 18.2 Å². The highest BCUT2D eigenvalue weighted by atomic mass is 79.9. The summed E-state index contributed by atoms with van der Waals surface area (Å²) in [7, 11) is 0. The summed E-state index contributed by atoms with van der Waals surface area (Å²) in [6.07, 6.45) is 3.45. The zero-order valence-corrected chi connectivity index (χ0v) is 13.6. The molecule has 21 heavy (non-hydrogen) atoms. The fourth-order valence-electron chi connectivity index (χ4n) is 2.01. The number of aryl methyl sites for hydroxylation is 1. The molecule has 0 fully saturated rings. The second-order valence-corrected chi connectivity index (χ2v) is 5.85. The number of anilines is 2. The molecule has 0 aliphatic carbocycles. The lowest BCUT2D eigenvalue weighted by molar-refractivity contribution is 0.102. The van der Waals surface area contributed by atoms with Crippen molar-refractivity contribution in [2.45, 2.75) is 26.2 Å². The van der Waals surface area contributed by atoms with E-state index in [0.717, 1.165) is 16.6 Å². The average Bonchev–Trinajstić information content (AvgIpc) is 2.49. The number of amides is 1. The van der Waals surface area contributed by atoms with Crippen molar-refractivity contribution in [2.75, 3.05) is 11.1 Å². The first-order valence-corrected chi connectivity index (χ1v) is 7.84. The van der Waals surface area contributed by atoms with Crippen molar-refractivity contribution in [2.24, 2.45) is 0 Å². The van der Waals surface area contributed by atoms with Gasteiger partial charge in [0.15, 0.2) is 0 Å². The lowest BCUT2D eigenvalue weighted by Gasteiger charge is -2.07. The van der Waals surface area contributed by atoms with Crippen molar-refractivity contribution in [3.63, 3.8) is 0 Å². The molecule has 0 saturated carbocycles. The zero-order chi connectivity index (χ0) is 15.2. The van der Waals surface area contributed by atoms with Crippen LogP contribution in [0.5, 0.6) is 0 Å². The first-order valence-electron chi connectivity index (χ1n) is 7.05. The van der Waals surface area contributed by atoms with Gasteiger partial charge in [-0.2, -0.15) is 0 Å². The standard InChI is InChI=1S/C17H19BrN2O/c1-2-3-4-12-5-8-14(9-6-12)20-17(21)13-7-10-16(19)15(18)11-13/h5-11H,2-4,19H2,1H3,(H,20,21). The lowest BCUT2D eigenvalue weighted by Crippen LogP contribution is -2.12. The van der Waals surface area contributed by atoms with Crippen molar-refractivity contribution in [1.82, 2.24) is 0 Å². The summed E-state index contributed by atoms with van der Waals surface area (Å²) < 4.78 is 0.727. The molecule has 2 aromatic rings. The molecule has 0 saturated heterocycles. The molecule has 3 nitrogen and oxygen atoms in total. The van der Waals surface area contributed by atoms with E-state index in [4.69, 9.17) is 5.73 Å². The molecule has 0 radical (unpaired) electrons. The fourth-order valence-corrected chi connectivity index (χ4v) is 2.39. The Morgan fingerprint density at radius 1 is 1.19 bits per heavy atom. The molecule has 0 unspecified atom stereocenters. The first-order chi connectivity index (χ1) is 10.1. The summed E-state index contributed by atoms with van der Waals surface area (Å²) in [5.74, 6) is -0.142. The highest BCUT2D eigenvalue weighted by molar-refractivity contribution is 9.10. The number of benzene rings is 2. The molecule has 0 aliphatic rings. The number of nitrogens with two attached hydrogens (primary N) is 1. The van der Waals surface area contributed by atoms with E-state index in [-0.39, 0.29) is 5.91 Å². The van der Waals surface area contributed by atoms with Crippen LogP contribution in [-0.2, 0) is 6.42 Å². The van der Waals surface area contributed by atoms with Crippen LogP contribution < -0.4 is 11.1 Å². The lowest BCUT2D eigenvalue weighted by atomic mass is 10.1. The maximum absolute atomic E-state index is 12.2. The third kappa shape index (κ3) is 4.33. The number of halogens is 1. The predicted octanol–water partition coefficient (Wildman–Crippen LogP) is 4.63. The van der Waals surface area contributed by atoms with Crippen LogP contribution in [0.25, 0.3) is 0 Å². The summed E-state index contributed by atoms with van der Waals surface area (Å²) >= 11 is 3.33. The largest absolute Gasteiger partial charge is 0.398 e. The van der Waals surface area contributed by atoms with Crippen molar-refractivity contribution in [3.05, 3.63) is 58.1 Å². The molecule has 0 aromatic heterocycles. The molecule has 0 aliphatic heterocycles. The van der Waals surface area contributed by atoms with Gasteiger partial charge in [0, 0.05) is 21.4 Å². The molecule has 1 amide bonds. The van der Waals surface area contributed by atoms with Crippen LogP contribution in [0.4, 0.5) is 11.4 Å². The maximum atomic E-state index is 12.2. The number of carbonyl (C=O) groups is 1. The Kier molecular flexibility index (Phi) is 5.39. The van der Waals surface area contributed by atoms with E-state index in [1.165, 1.54) is 18.4 Å². The molecular weight excluding hydrogens is 328 g/mol. The highest BCUT2D eigenvalue weighted by Gasteiger charge is 2.08. The van der Waals surface area contributed by atoms with Crippen molar-refractivity contribution < 1.29 is 4.79 Å². The minimum absolute atomic E-state index is 0.142. The van der Waals surface area contributed by atoms with Crippen LogP contribution in [0.3, 0.4) is 0 Å². The van der Waals surface area contributed by atoms with E-state index < -0.39 is 0 Å². The number of hydrogen-bond acceptors (Lipinski definition) is 2. The summed E-state index contributed by atoms with van der Waals surface area (Å²) in [6, 6.07) is 13.1. The normalized spacial score (nSPS) is 10.4. The average molecular weight is 347 g/mol. The van der Waals surface area contributed by atoms with Gasteiger partial charge in [0.1, 0.15) is 0 Å². The van der Waals surface area contributed by atoms with Crippen LogP contribution in [0.15, 0.2) is 46.9 Å². The van der Waals surface area contributed by atoms with Crippen molar-refractivity contribution >= 4 is 33.2 Å². The van der Waals surface area contributed by atoms with E-state index in [0.29, 0.717) is 11.3 Å². The maximum Gasteiger partial charge on any atom is 0.255 e. The van der Waals surface area contributed by atoms with Crippen LogP contribution in [-0.4, -0.2) is 5.91 Å². The molecule has 110 valence electrons. The summed E-state index contributed by atoms with van der Waals surface area (Å²) in [4.78, 5) is 12.2. The van der Waals surface area contributed by atoms with Gasteiger partial charge >= 0.3 is 0 Å². The van der Waals surface area contributed by atoms with E-state index >= 15 is 0 Å². The van der Waals surface area contributed by atoms with Crippen molar-refractivity contribution in [1.29, 1.82) is 0 Å². The van der Waals surface area contributed by atoms with Crippen LogP contribution in [0, 0.1) is 0 Å². The molecule has 2 rings (SSSR count). The Morgan fingerprint density at radius 3 is 2.52 bits per heavy atom. The molecule has 0 bridgehead atoms. The van der Waals surface area contributed by atoms with Gasteiger partial charge in [0.25, 0.3) is 5.91 Å². The summed E-state index contributed by atoms with van der Waals surface area (Å²) in [5, 5.41) is 2.89. The number of unbranched alkanes of at least 4 members (excludes halogenated alkanes) is 1. The molecule has 0 heterocycles. The predicted molar refractivity (Wildman–Crippen MR) is 91.6 cm³/mol. The highest BCUT2D eigenvalue weighted by Crippen LogP contribution is 2.21. The van der Waals surface area contributed by atoms with E-state index in [1.807, 2.05) is 12.1 Å². The topological polar surface area (TPSA) is 55.1 Å². The molecular formula is C17H19BrN2O. The van der Waals surface area contributed by atoms with Crippen LogP contribution >= 0.6 is 15.9 Å². The van der Waals surface area contributed by atoms with Crippen LogP contribution in [0.1, 0.15) is 35.7 Å². The summed E-state index contributed by atoms with van der Waals surface area (Å²) in [6.45, 7) is 2.18. The number of hydrogen-bond donors (Lipinski definition) is 2. The van der Waals surface area contributed by atoms with Gasteiger partial charge in [-0.1, -0.05) is 25.5 Å². The zero-order valence-electron chi connectivity index (χ0n) is 12.0. The molecule has 2 aromatic carbocycles. The van der Waals surface area contributed by atoms with Gasteiger partial charge in [-0.3, -0.25) is 4.79 Å². The first kappa shape index (κ1) is 15.6. The van der Waals surface area contributed by atoms with Crippen molar-refractivity contribution in [3.8, 4) is 0 Å². The number of carbonyl (C=O) groups excluding carboxylic acids is 1. The number of rotatable bonds is 5. The van der Waals surface area contributed by atoms with Crippen LogP contribution in [0.2, 0.25) is 0 Å². The Balaban J connectivity index is 2.03. The second kappa shape index (κ2) is 7.27. The van der Waals surface area contributed by atoms with Gasteiger partial charge in [0.2, 0.25) is 0 Å².